The van der Waals surface area contributed by atoms with Crippen molar-refractivity contribution in [3.8, 4) is 0 Å². The highest BCUT2D eigenvalue weighted by atomic mass is 16.4. The summed E-state index contributed by atoms with van der Waals surface area (Å²) in [6, 6.07) is 0. The molecule has 17 heavy (non-hydrogen) atoms. The molecule has 0 fully saturated rings. The minimum absolute atomic E-state index is 0.00177. The number of aliphatic hydroxyl groups is 1. The van der Waals surface area contributed by atoms with Crippen LogP contribution in [0, 0.1) is 0 Å². The van der Waals surface area contributed by atoms with Gasteiger partial charge >= 0.3 is 5.97 Å². The van der Waals surface area contributed by atoms with E-state index in [4.69, 9.17) is 10.2 Å². The molecule has 0 saturated carbocycles. The maximum atomic E-state index is 10.7. The molecule has 0 aromatic carbocycles. The van der Waals surface area contributed by atoms with E-state index in [0.29, 0.717) is 24.1 Å². The fourth-order valence-electron chi connectivity index (χ4n) is 1.47. The van der Waals surface area contributed by atoms with E-state index in [-0.39, 0.29) is 13.2 Å². The summed E-state index contributed by atoms with van der Waals surface area (Å²) in [6.07, 6.45) is 0. The summed E-state index contributed by atoms with van der Waals surface area (Å²) in [5.74, 6) is -0.861. The number of nitrogens with one attached hydrogen (secondary N) is 1. The van der Waals surface area contributed by atoms with E-state index < -0.39 is 5.97 Å². The number of hydrogen-bond donors (Lipinski definition) is 3. The number of rotatable bonds is 9. The molecule has 0 spiro atoms. The van der Waals surface area contributed by atoms with Gasteiger partial charge in [-0.25, -0.2) is 4.79 Å². The second-order valence-electron chi connectivity index (χ2n) is 4.53. The molecule has 5 nitrogen and oxygen atoms in total. The Labute approximate surface area is 103 Å². The van der Waals surface area contributed by atoms with E-state index >= 15 is 0 Å². The second kappa shape index (κ2) is 7.09. The van der Waals surface area contributed by atoms with Gasteiger partial charge in [0.05, 0.1) is 26.7 Å². The highest BCUT2D eigenvalue weighted by Gasteiger charge is 2.24. The summed E-state index contributed by atoms with van der Waals surface area (Å²) in [5, 5.41) is 20.9. The van der Waals surface area contributed by atoms with Crippen LogP contribution in [0.25, 0.3) is 0 Å². The van der Waals surface area contributed by atoms with Crippen LogP contribution >= 0.6 is 0 Å². The van der Waals surface area contributed by atoms with Crippen LogP contribution in [0.1, 0.15) is 6.92 Å². The van der Waals surface area contributed by atoms with Gasteiger partial charge in [-0.05, 0) is 12.5 Å². The molecule has 1 unspecified atom stereocenters. The zero-order valence-electron chi connectivity index (χ0n) is 10.7. The molecule has 0 heterocycles. The van der Waals surface area contributed by atoms with Crippen LogP contribution in [0.3, 0.4) is 0 Å². The van der Waals surface area contributed by atoms with Gasteiger partial charge in [-0.2, -0.15) is 0 Å². The minimum Gasteiger partial charge on any atom is -0.477 e. The van der Waals surface area contributed by atoms with Crippen molar-refractivity contribution >= 4 is 5.97 Å². The summed E-state index contributed by atoms with van der Waals surface area (Å²) < 4.78 is 0.294. The molecule has 0 bridgehead atoms. The van der Waals surface area contributed by atoms with E-state index in [1.807, 2.05) is 14.0 Å². The van der Waals surface area contributed by atoms with E-state index in [9.17, 15) is 4.79 Å². The molecule has 0 aliphatic carbocycles. The molecule has 1 atom stereocenters. The van der Waals surface area contributed by atoms with E-state index in [0.717, 1.165) is 11.3 Å². The summed E-state index contributed by atoms with van der Waals surface area (Å²) >= 11 is 0. The SMILES string of the molecule is C=C(C)C(=C)NCC[N+](C)(CCO)CC(=O)O. The molecular formula is C12H23N2O3+. The zero-order chi connectivity index (χ0) is 13.5. The van der Waals surface area contributed by atoms with Gasteiger partial charge in [0.1, 0.15) is 6.54 Å². The van der Waals surface area contributed by atoms with Gasteiger partial charge in [-0.3, -0.25) is 0 Å². The first-order valence-corrected chi connectivity index (χ1v) is 5.55. The van der Waals surface area contributed by atoms with Gasteiger partial charge in [0.15, 0.2) is 6.54 Å². The number of carboxylic acids is 1. The number of carbonyl (C=O) groups is 1. The van der Waals surface area contributed by atoms with E-state index in [1.165, 1.54) is 0 Å². The fourth-order valence-corrected chi connectivity index (χ4v) is 1.47. The van der Waals surface area contributed by atoms with Crippen LogP contribution < -0.4 is 5.32 Å². The van der Waals surface area contributed by atoms with Gasteiger partial charge in [0.25, 0.3) is 0 Å². The molecule has 0 saturated heterocycles. The monoisotopic (exact) mass is 243 g/mol. The number of aliphatic hydroxyl groups excluding tert-OH is 1. The Hall–Kier alpha value is -1.33. The Bertz CT molecular complexity index is 302. The standard InChI is InChI=1S/C12H22N2O3/c1-10(2)11(3)13-5-6-14(4,7-8-15)9-12(16)17/h13,15H,1,3,5-9H2,2,4H3/p+1. The molecule has 5 heteroatoms. The lowest BCUT2D eigenvalue weighted by Crippen LogP contribution is -2.52. The lowest BCUT2D eigenvalue weighted by Gasteiger charge is -2.32. The average molecular weight is 243 g/mol. The highest BCUT2D eigenvalue weighted by molar-refractivity contribution is 5.67. The molecule has 3 N–H and O–H groups in total. The maximum absolute atomic E-state index is 10.7. The molecule has 0 radical (unpaired) electrons. The first-order chi connectivity index (χ1) is 7.80. The summed E-state index contributed by atoms with van der Waals surface area (Å²) in [5.41, 5.74) is 1.62. The van der Waals surface area contributed by atoms with Gasteiger partial charge in [0, 0.05) is 5.70 Å². The molecule has 0 aliphatic heterocycles. The van der Waals surface area contributed by atoms with Crippen molar-refractivity contribution in [3.63, 3.8) is 0 Å². The smallest absolute Gasteiger partial charge is 0.359 e. The third-order valence-corrected chi connectivity index (χ3v) is 2.66. The lowest BCUT2D eigenvalue weighted by atomic mass is 10.2. The van der Waals surface area contributed by atoms with Crippen molar-refractivity contribution in [2.45, 2.75) is 6.92 Å². The summed E-state index contributed by atoms with van der Waals surface area (Å²) in [4.78, 5) is 10.7. The topological polar surface area (TPSA) is 69.6 Å². The van der Waals surface area contributed by atoms with Crippen molar-refractivity contribution in [2.75, 3.05) is 39.8 Å². The van der Waals surface area contributed by atoms with Crippen LogP contribution in [-0.2, 0) is 4.79 Å². The predicted molar refractivity (Wildman–Crippen MR) is 67.5 cm³/mol. The largest absolute Gasteiger partial charge is 0.477 e. The number of likely N-dealkylation sites (N-methyl/N-ethyl adjacent to an activating group) is 1. The van der Waals surface area contributed by atoms with Crippen molar-refractivity contribution in [3.05, 3.63) is 24.4 Å². The normalized spacial score (nSPS) is 13.8. The number of hydrogen-bond acceptors (Lipinski definition) is 3. The van der Waals surface area contributed by atoms with Crippen molar-refractivity contribution in [2.24, 2.45) is 0 Å². The molecular weight excluding hydrogens is 220 g/mol. The number of carboxylic acid groups (broad SMARTS) is 1. The Kier molecular flexibility index (Phi) is 6.53. The summed E-state index contributed by atoms with van der Waals surface area (Å²) in [7, 11) is 1.82. The average Bonchev–Trinajstić information content (AvgIpc) is 2.15. The Morgan fingerprint density at radius 1 is 1.35 bits per heavy atom. The van der Waals surface area contributed by atoms with E-state index in [2.05, 4.69) is 18.5 Å². The Balaban J connectivity index is 4.21. The van der Waals surface area contributed by atoms with Crippen molar-refractivity contribution in [1.82, 2.24) is 5.32 Å². The third kappa shape index (κ3) is 6.76. The molecule has 0 rings (SSSR count). The lowest BCUT2D eigenvalue weighted by molar-refractivity contribution is -0.901. The number of quaternary nitrogens is 1. The van der Waals surface area contributed by atoms with Crippen LogP contribution in [0.4, 0.5) is 0 Å². The van der Waals surface area contributed by atoms with Gasteiger partial charge in [-0.15, -0.1) is 0 Å². The number of nitrogens with zero attached hydrogens (tertiary/aromatic N) is 1. The molecule has 0 amide bonds. The Morgan fingerprint density at radius 2 is 1.94 bits per heavy atom. The van der Waals surface area contributed by atoms with Gasteiger partial charge in [0.2, 0.25) is 0 Å². The second-order valence-corrected chi connectivity index (χ2v) is 4.53. The van der Waals surface area contributed by atoms with Gasteiger partial charge < -0.3 is 20.0 Å². The molecule has 98 valence electrons. The van der Waals surface area contributed by atoms with Crippen LogP contribution in [-0.4, -0.2) is 60.5 Å². The van der Waals surface area contributed by atoms with E-state index in [1.54, 1.807) is 0 Å². The first kappa shape index (κ1) is 15.7. The maximum Gasteiger partial charge on any atom is 0.359 e. The molecule has 0 aromatic heterocycles. The molecule has 0 aliphatic rings. The van der Waals surface area contributed by atoms with Gasteiger partial charge in [-0.1, -0.05) is 13.2 Å². The third-order valence-electron chi connectivity index (χ3n) is 2.66. The van der Waals surface area contributed by atoms with Crippen molar-refractivity contribution in [1.29, 1.82) is 0 Å². The quantitative estimate of drug-likeness (QED) is 0.399. The van der Waals surface area contributed by atoms with Crippen LogP contribution in [0.5, 0.6) is 0 Å². The Morgan fingerprint density at radius 3 is 2.35 bits per heavy atom. The highest BCUT2D eigenvalue weighted by Crippen LogP contribution is 2.02. The summed E-state index contributed by atoms with van der Waals surface area (Å²) in [6.45, 7) is 11.0. The number of aliphatic carboxylic acids is 1. The minimum atomic E-state index is -0.861. The molecule has 0 aromatic rings. The number of allylic oxidation sites excluding steroid dienone is 1. The predicted octanol–water partition coefficient (Wildman–Crippen LogP) is 0.189. The van der Waals surface area contributed by atoms with Crippen LogP contribution in [0.2, 0.25) is 0 Å². The zero-order valence-corrected chi connectivity index (χ0v) is 10.7. The van der Waals surface area contributed by atoms with Crippen LogP contribution in [0.15, 0.2) is 24.4 Å². The fraction of sp³-hybridized carbons (Fsp3) is 0.583. The first-order valence-electron chi connectivity index (χ1n) is 5.55. The van der Waals surface area contributed by atoms with Crippen molar-refractivity contribution < 1.29 is 19.5 Å².